The number of carbonyl (C=O) groups is 2. The lowest BCUT2D eigenvalue weighted by atomic mass is 10.4. The fourth-order valence-electron chi connectivity index (χ4n) is 0.953. The molecule has 1 amide bonds. The normalized spacial score (nSPS) is 9.60. The highest BCUT2D eigenvalue weighted by Crippen LogP contribution is 1.94. The van der Waals surface area contributed by atoms with Crippen molar-refractivity contribution in [3.63, 3.8) is 0 Å². The maximum absolute atomic E-state index is 11.2. The first-order chi connectivity index (χ1) is 7.13. The van der Waals surface area contributed by atoms with E-state index in [1.807, 2.05) is 0 Å². The van der Waals surface area contributed by atoms with Crippen molar-refractivity contribution in [1.29, 1.82) is 0 Å². The molecular formula is C9H11N3O3. The molecule has 6 nitrogen and oxygen atoms in total. The molecular weight excluding hydrogens is 198 g/mol. The van der Waals surface area contributed by atoms with Crippen LogP contribution in [0.1, 0.15) is 10.5 Å². The molecule has 1 rings (SSSR count). The van der Waals surface area contributed by atoms with E-state index < -0.39 is 5.97 Å². The van der Waals surface area contributed by atoms with Gasteiger partial charge in [-0.1, -0.05) is 6.08 Å². The van der Waals surface area contributed by atoms with Gasteiger partial charge in [-0.15, -0.1) is 6.58 Å². The molecule has 0 aliphatic rings. The molecule has 0 saturated heterocycles. The second-order valence-electron chi connectivity index (χ2n) is 2.80. The standard InChI is InChI=1S/C9H11N3O3/c1-2-4-10-8(13)6-12-5-3-7(11-12)9(14)15/h2-3,5H,1,4,6H2,(H,10,13)(H,14,15). The predicted molar refractivity (Wildman–Crippen MR) is 52.4 cm³/mol. The molecule has 0 spiro atoms. The average molecular weight is 209 g/mol. The van der Waals surface area contributed by atoms with Crippen molar-refractivity contribution in [1.82, 2.24) is 15.1 Å². The third-order valence-electron chi connectivity index (χ3n) is 1.61. The lowest BCUT2D eigenvalue weighted by Gasteiger charge is -2.01. The maximum atomic E-state index is 11.2. The van der Waals surface area contributed by atoms with Crippen LogP contribution in [0.15, 0.2) is 24.9 Å². The van der Waals surface area contributed by atoms with Crippen molar-refractivity contribution < 1.29 is 14.7 Å². The van der Waals surface area contributed by atoms with Crippen LogP contribution in [0.3, 0.4) is 0 Å². The molecule has 1 aromatic heterocycles. The molecule has 0 saturated carbocycles. The van der Waals surface area contributed by atoms with Gasteiger partial charge >= 0.3 is 5.97 Å². The van der Waals surface area contributed by atoms with Gasteiger partial charge in [-0.05, 0) is 6.07 Å². The Balaban J connectivity index is 2.53. The predicted octanol–water partition coefficient (Wildman–Crippen LogP) is -0.117. The van der Waals surface area contributed by atoms with Crippen LogP contribution in [0.5, 0.6) is 0 Å². The van der Waals surface area contributed by atoms with Crippen LogP contribution in [0.2, 0.25) is 0 Å². The monoisotopic (exact) mass is 209 g/mol. The Morgan fingerprint density at radius 3 is 2.93 bits per heavy atom. The summed E-state index contributed by atoms with van der Waals surface area (Å²) in [5.41, 5.74) is -0.0773. The minimum absolute atomic E-state index is 0.00111. The largest absolute Gasteiger partial charge is 0.476 e. The number of carbonyl (C=O) groups excluding carboxylic acids is 1. The van der Waals surface area contributed by atoms with Gasteiger partial charge in [0.25, 0.3) is 0 Å². The molecule has 15 heavy (non-hydrogen) atoms. The summed E-state index contributed by atoms with van der Waals surface area (Å²) in [5.74, 6) is -1.35. The highest BCUT2D eigenvalue weighted by Gasteiger charge is 2.08. The lowest BCUT2D eigenvalue weighted by Crippen LogP contribution is -2.27. The molecule has 0 radical (unpaired) electrons. The van der Waals surface area contributed by atoms with Crippen LogP contribution in [0.4, 0.5) is 0 Å². The number of hydrogen-bond donors (Lipinski definition) is 2. The quantitative estimate of drug-likeness (QED) is 0.662. The molecule has 80 valence electrons. The Labute approximate surface area is 86.2 Å². The zero-order valence-electron chi connectivity index (χ0n) is 8.01. The van der Waals surface area contributed by atoms with Crippen molar-refractivity contribution in [3.8, 4) is 0 Å². The van der Waals surface area contributed by atoms with Crippen molar-refractivity contribution in [2.45, 2.75) is 6.54 Å². The van der Waals surface area contributed by atoms with Crippen molar-refractivity contribution in [2.75, 3.05) is 6.54 Å². The number of nitrogens with zero attached hydrogens (tertiary/aromatic N) is 2. The number of nitrogens with one attached hydrogen (secondary N) is 1. The van der Waals surface area contributed by atoms with E-state index in [9.17, 15) is 9.59 Å². The number of aromatic carboxylic acids is 1. The van der Waals surface area contributed by atoms with Crippen molar-refractivity contribution >= 4 is 11.9 Å². The molecule has 0 bridgehead atoms. The second kappa shape index (κ2) is 4.94. The van der Waals surface area contributed by atoms with Gasteiger partial charge in [0.15, 0.2) is 5.69 Å². The SMILES string of the molecule is C=CCNC(=O)Cn1ccc(C(=O)O)n1. The summed E-state index contributed by atoms with van der Waals surface area (Å²) in [6.07, 6.45) is 3.00. The third kappa shape index (κ3) is 3.26. The zero-order chi connectivity index (χ0) is 11.3. The zero-order valence-corrected chi connectivity index (χ0v) is 8.01. The van der Waals surface area contributed by atoms with Crippen LogP contribution in [0.25, 0.3) is 0 Å². The van der Waals surface area contributed by atoms with Gasteiger partial charge in [-0.2, -0.15) is 5.10 Å². The van der Waals surface area contributed by atoms with Gasteiger partial charge in [0.05, 0.1) is 0 Å². The molecule has 2 N–H and O–H groups in total. The van der Waals surface area contributed by atoms with Gasteiger partial charge in [-0.25, -0.2) is 4.79 Å². The van der Waals surface area contributed by atoms with Crippen LogP contribution >= 0.6 is 0 Å². The van der Waals surface area contributed by atoms with E-state index in [1.165, 1.54) is 16.9 Å². The highest BCUT2D eigenvalue weighted by atomic mass is 16.4. The molecule has 0 aliphatic carbocycles. The van der Waals surface area contributed by atoms with Crippen molar-refractivity contribution in [2.24, 2.45) is 0 Å². The molecule has 1 aromatic rings. The van der Waals surface area contributed by atoms with Crippen LogP contribution in [-0.4, -0.2) is 33.3 Å². The van der Waals surface area contributed by atoms with E-state index in [1.54, 1.807) is 6.08 Å². The Kier molecular flexibility index (Phi) is 3.61. The molecule has 0 unspecified atom stereocenters. The number of hydrogen-bond acceptors (Lipinski definition) is 3. The van der Waals surface area contributed by atoms with E-state index in [-0.39, 0.29) is 18.1 Å². The fourth-order valence-corrected chi connectivity index (χ4v) is 0.953. The Hall–Kier alpha value is -2.11. The average Bonchev–Trinajstić information content (AvgIpc) is 2.63. The molecule has 0 atom stereocenters. The lowest BCUT2D eigenvalue weighted by molar-refractivity contribution is -0.121. The molecule has 0 aliphatic heterocycles. The van der Waals surface area contributed by atoms with Crippen LogP contribution in [-0.2, 0) is 11.3 Å². The summed E-state index contributed by atoms with van der Waals surface area (Å²) in [6.45, 7) is 3.83. The second-order valence-corrected chi connectivity index (χ2v) is 2.80. The first kappa shape index (κ1) is 11.0. The minimum Gasteiger partial charge on any atom is -0.476 e. The van der Waals surface area contributed by atoms with Gasteiger partial charge in [0.1, 0.15) is 6.54 Å². The maximum Gasteiger partial charge on any atom is 0.356 e. The van der Waals surface area contributed by atoms with Crippen LogP contribution < -0.4 is 5.32 Å². The molecule has 0 fully saturated rings. The number of rotatable bonds is 5. The Morgan fingerprint density at radius 1 is 1.67 bits per heavy atom. The number of aromatic nitrogens is 2. The number of amides is 1. The summed E-state index contributed by atoms with van der Waals surface area (Å²) < 4.78 is 1.27. The Morgan fingerprint density at radius 2 is 2.40 bits per heavy atom. The van der Waals surface area contributed by atoms with Crippen molar-refractivity contribution in [3.05, 3.63) is 30.6 Å². The summed E-state index contributed by atoms with van der Waals surface area (Å²) in [6, 6.07) is 1.34. The molecule has 0 aromatic carbocycles. The van der Waals surface area contributed by atoms with E-state index in [0.29, 0.717) is 6.54 Å². The van der Waals surface area contributed by atoms with Gasteiger partial charge < -0.3 is 10.4 Å². The van der Waals surface area contributed by atoms with E-state index >= 15 is 0 Å². The smallest absolute Gasteiger partial charge is 0.356 e. The Bertz CT molecular complexity index is 384. The fraction of sp³-hybridized carbons (Fsp3) is 0.222. The first-order valence-electron chi connectivity index (χ1n) is 4.28. The molecule has 6 heteroatoms. The summed E-state index contributed by atoms with van der Waals surface area (Å²) in [4.78, 5) is 21.7. The number of carboxylic acid groups (broad SMARTS) is 1. The van der Waals surface area contributed by atoms with Gasteiger partial charge in [0.2, 0.25) is 5.91 Å². The van der Waals surface area contributed by atoms with Gasteiger partial charge in [0, 0.05) is 12.7 Å². The third-order valence-corrected chi connectivity index (χ3v) is 1.61. The summed E-state index contributed by atoms with van der Waals surface area (Å²) in [5, 5.41) is 14.8. The van der Waals surface area contributed by atoms with E-state index in [4.69, 9.17) is 5.11 Å². The van der Waals surface area contributed by atoms with E-state index in [0.717, 1.165) is 0 Å². The topological polar surface area (TPSA) is 84.2 Å². The molecule has 1 heterocycles. The highest BCUT2D eigenvalue weighted by molar-refractivity contribution is 5.85. The number of carboxylic acids is 1. The summed E-state index contributed by atoms with van der Waals surface area (Å²) in [7, 11) is 0. The van der Waals surface area contributed by atoms with Gasteiger partial charge in [-0.3, -0.25) is 9.48 Å². The first-order valence-corrected chi connectivity index (χ1v) is 4.28. The van der Waals surface area contributed by atoms with Crippen LogP contribution in [0, 0.1) is 0 Å². The van der Waals surface area contributed by atoms with E-state index in [2.05, 4.69) is 17.0 Å². The minimum atomic E-state index is -1.11. The summed E-state index contributed by atoms with van der Waals surface area (Å²) >= 11 is 0.